The molecule has 1 heterocycles. The van der Waals surface area contributed by atoms with Gasteiger partial charge < -0.3 is 5.73 Å². The van der Waals surface area contributed by atoms with Crippen LogP contribution in [0.1, 0.15) is 5.56 Å². The van der Waals surface area contributed by atoms with E-state index in [1.54, 1.807) is 11.3 Å². The fourth-order valence-corrected chi connectivity index (χ4v) is 2.55. The van der Waals surface area contributed by atoms with Crippen LogP contribution in [0.25, 0.3) is 10.1 Å². The largest absolute Gasteiger partial charge is 0.398 e. The molecule has 2 aromatic rings. The van der Waals surface area contributed by atoms with Gasteiger partial charge in [0, 0.05) is 15.3 Å². The van der Waals surface area contributed by atoms with Crippen LogP contribution >= 0.6 is 24.0 Å². The predicted molar refractivity (Wildman–Crippen MR) is 58.2 cm³/mol. The lowest BCUT2D eigenvalue weighted by atomic mass is 10.1. The molecule has 0 saturated heterocycles. The van der Waals surface area contributed by atoms with Crippen LogP contribution in [0.2, 0.25) is 0 Å². The number of hydrogen-bond acceptors (Lipinski definition) is 3. The number of nitrogens with two attached hydrogens (primary N) is 1. The highest BCUT2D eigenvalue weighted by Gasteiger charge is 2.05. The first kappa shape index (κ1) is 7.95. The summed E-state index contributed by atoms with van der Waals surface area (Å²) in [6.07, 6.45) is 0. The topological polar surface area (TPSA) is 26.0 Å². The Labute approximate surface area is 80.6 Å². The van der Waals surface area contributed by atoms with Crippen LogP contribution in [-0.4, -0.2) is 0 Å². The molecule has 62 valence electrons. The number of thiophene rings is 1. The Morgan fingerprint density at radius 3 is 3.00 bits per heavy atom. The highest BCUT2D eigenvalue weighted by molar-refractivity contribution is 7.80. The standard InChI is InChI=1S/C9H9NS2/c1-5-6-2-3-12-8(6)4-7(11)9(5)10/h2-4,11H,10H2,1H3. The number of rotatable bonds is 0. The summed E-state index contributed by atoms with van der Waals surface area (Å²) in [5.41, 5.74) is 7.77. The zero-order valence-corrected chi connectivity index (χ0v) is 8.38. The van der Waals surface area contributed by atoms with E-state index in [-0.39, 0.29) is 0 Å². The minimum Gasteiger partial charge on any atom is -0.398 e. The number of hydrogen-bond donors (Lipinski definition) is 2. The Kier molecular flexibility index (Phi) is 1.77. The van der Waals surface area contributed by atoms with E-state index in [1.165, 1.54) is 10.1 Å². The van der Waals surface area contributed by atoms with Gasteiger partial charge in [-0.1, -0.05) is 0 Å². The second-order valence-electron chi connectivity index (χ2n) is 2.77. The van der Waals surface area contributed by atoms with E-state index in [0.29, 0.717) is 0 Å². The van der Waals surface area contributed by atoms with Gasteiger partial charge in [-0.05, 0) is 35.4 Å². The summed E-state index contributed by atoms with van der Waals surface area (Å²) in [5.74, 6) is 0. The summed E-state index contributed by atoms with van der Waals surface area (Å²) in [7, 11) is 0. The van der Waals surface area contributed by atoms with Crippen LogP contribution in [0, 0.1) is 6.92 Å². The predicted octanol–water partition coefficient (Wildman–Crippen LogP) is 3.08. The molecular weight excluding hydrogens is 186 g/mol. The molecule has 0 saturated carbocycles. The van der Waals surface area contributed by atoms with Gasteiger partial charge in [-0.25, -0.2) is 0 Å². The number of anilines is 1. The molecule has 2 N–H and O–H groups in total. The fourth-order valence-electron chi connectivity index (χ4n) is 1.28. The van der Waals surface area contributed by atoms with Crippen molar-refractivity contribution < 1.29 is 0 Å². The van der Waals surface area contributed by atoms with E-state index < -0.39 is 0 Å². The molecule has 0 amide bonds. The van der Waals surface area contributed by atoms with Crippen LogP contribution in [0.5, 0.6) is 0 Å². The summed E-state index contributed by atoms with van der Waals surface area (Å²) >= 11 is 6.02. The lowest BCUT2D eigenvalue weighted by Crippen LogP contribution is -1.90. The maximum atomic E-state index is 5.84. The maximum absolute atomic E-state index is 5.84. The summed E-state index contributed by atoms with van der Waals surface area (Å²) in [5, 5.41) is 3.32. The minimum atomic E-state index is 0.796. The number of thiol groups is 1. The number of nitrogen functional groups attached to an aromatic ring is 1. The summed E-state index contributed by atoms with van der Waals surface area (Å²) in [4.78, 5) is 0.877. The van der Waals surface area contributed by atoms with Gasteiger partial charge in [-0.15, -0.1) is 24.0 Å². The molecule has 0 bridgehead atoms. The van der Waals surface area contributed by atoms with E-state index in [0.717, 1.165) is 16.1 Å². The van der Waals surface area contributed by atoms with Gasteiger partial charge in [-0.2, -0.15) is 0 Å². The quantitative estimate of drug-likeness (QED) is 0.490. The molecule has 0 atom stereocenters. The summed E-state index contributed by atoms with van der Waals surface area (Å²) in [6.45, 7) is 2.03. The van der Waals surface area contributed by atoms with Gasteiger partial charge >= 0.3 is 0 Å². The Balaban J connectivity index is 2.94. The average Bonchev–Trinajstić information content (AvgIpc) is 2.48. The van der Waals surface area contributed by atoms with Crippen molar-refractivity contribution in [2.75, 3.05) is 5.73 Å². The molecule has 0 aliphatic heterocycles. The molecule has 1 nitrogen and oxygen atoms in total. The molecule has 0 aliphatic rings. The highest BCUT2D eigenvalue weighted by atomic mass is 32.1. The first-order valence-corrected chi connectivity index (χ1v) is 4.98. The zero-order chi connectivity index (χ0) is 8.72. The smallest absolute Gasteiger partial charge is 0.0486 e. The van der Waals surface area contributed by atoms with E-state index in [2.05, 4.69) is 24.1 Å². The van der Waals surface area contributed by atoms with Crippen LogP contribution < -0.4 is 5.73 Å². The lowest BCUT2D eigenvalue weighted by molar-refractivity contribution is 1.43. The first-order chi connectivity index (χ1) is 5.70. The Hall–Kier alpha value is -0.670. The normalized spacial score (nSPS) is 10.8. The molecule has 0 radical (unpaired) electrons. The molecule has 1 aromatic carbocycles. The third kappa shape index (κ3) is 1.01. The van der Waals surface area contributed by atoms with Gasteiger partial charge in [0.05, 0.1) is 0 Å². The van der Waals surface area contributed by atoms with E-state index >= 15 is 0 Å². The van der Waals surface area contributed by atoms with Crippen molar-refractivity contribution in [3.8, 4) is 0 Å². The van der Waals surface area contributed by atoms with Gasteiger partial charge in [0.25, 0.3) is 0 Å². The molecule has 0 spiro atoms. The number of benzene rings is 1. The molecule has 0 unspecified atom stereocenters. The summed E-state index contributed by atoms with van der Waals surface area (Å²) in [6, 6.07) is 4.12. The molecule has 12 heavy (non-hydrogen) atoms. The van der Waals surface area contributed by atoms with Gasteiger partial charge in [-0.3, -0.25) is 0 Å². The van der Waals surface area contributed by atoms with Gasteiger partial charge in [0.1, 0.15) is 0 Å². The van der Waals surface area contributed by atoms with Crippen LogP contribution in [0.4, 0.5) is 5.69 Å². The van der Waals surface area contributed by atoms with Crippen molar-refractivity contribution in [2.24, 2.45) is 0 Å². The van der Waals surface area contributed by atoms with Crippen LogP contribution in [-0.2, 0) is 0 Å². The SMILES string of the molecule is Cc1c(N)c(S)cc2sccc12. The molecular formula is C9H9NS2. The molecule has 3 heteroatoms. The maximum Gasteiger partial charge on any atom is 0.0486 e. The van der Waals surface area contributed by atoms with Crippen molar-refractivity contribution in [3.63, 3.8) is 0 Å². The minimum absolute atomic E-state index is 0.796. The molecule has 1 aromatic heterocycles. The van der Waals surface area contributed by atoms with E-state index in [4.69, 9.17) is 5.73 Å². The van der Waals surface area contributed by atoms with E-state index in [1.807, 2.05) is 13.0 Å². The molecule has 0 aliphatic carbocycles. The monoisotopic (exact) mass is 195 g/mol. The molecule has 2 rings (SSSR count). The number of fused-ring (bicyclic) bond motifs is 1. The van der Waals surface area contributed by atoms with Crippen molar-refractivity contribution in [2.45, 2.75) is 11.8 Å². The van der Waals surface area contributed by atoms with Crippen molar-refractivity contribution in [3.05, 3.63) is 23.1 Å². The van der Waals surface area contributed by atoms with Gasteiger partial charge in [0.15, 0.2) is 0 Å². The number of aryl methyl sites for hydroxylation is 1. The second kappa shape index (κ2) is 2.68. The second-order valence-corrected chi connectivity index (χ2v) is 4.20. The van der Waals surface area contributed by atoms with Gasteiger partial charge in [0.2, 0.25) is 0 Å². The Bertz CT molecular complexity index is 431. The lowest BCUT2D eigenvalue weighted by Gasteiger charge is -2.04. The van der Waals surface area contributed by atoms with Crippen LogP contribution in [0.3, 0.4) is 0 Å². The zero-order valence-electron chi connectivity index (χ0n) is 6.66. The Morgan fingerprint density at radius 2 is 2.25 bits per heavy atom. The third-order valence-electron chi connectivity index (χ3n) is 2.05. The highest BCUT2D eigenvalue weighted by Crippen LogP contribution is 2.32. The fraction of sp³-hybridized carbons (Fsp3) is 0.111. The van der Waals surface area contributed by atoms with Crippen LogP contribution in [0.15, 0.2) is 22.4 Å². The third-order valence-corrected chi connectivity index (χ3v) is 3.28. The van der Waals surface area contributed by atoms with Crippen molar-refractivity contribution in [1.82, 2.24) is 0 Å². The van der Waals surface area contributed by atoms with Crippen molar-refractivity contribution in [1.29, 1.82) is 0 Å². The average molecular weight is 195 g/mol. The first-order valence-electron chi connectivity index (χ1n) is 3.65. The summed E-state index contributed by atoms with van der Waals surface area (Å²) < 4.78 is 1.26. The Morgan fingerprint density at radius 1 is 1.50 bits per heavy atom. The molecule has 0 fully saturated rings. The van der Waals surface area contributed by atoms with E-state index in [9.17, 15) is 0 Å². The van der Waals surface area contributed by atoms with Crippen molar-refractivity contribution >= 4 is 39.7 Å².